The molecule has 1 unspecified atom stereocenters. The van der Waals surface area contributed by atoms with Crippen molar-refractivity contribution in [2.24, 2.45) is 0 Å². The van der Waals surface area contributed by atoms with Crippen LogP contribution in [0.2, 0.25) is 0 Å². The van der Waals surface area contributed by atoms with Gasteiger partial charge >= 0.3 is 0 Å². The molecule has 0 saturated carbocycles. The Morgan fingerprint density at radius 2 is 2.07 bits per heavy atom. The van der Waals surface area contributed by atoms with Gasteiger partial charge in [-0.2, -0.15) is 0 Å². The average molecular weight is 208 g/mol. The first-order valence-corrected chi connectivity index (χ1v) is 4.87. The molecule has 1 atom stereocenters. The van der Waals surface area contributed by atoms with E-state index in [0.717, 1.165) is 5.56 Å². The van der Waals surface area contributed by atoms with Crippen molar-refractivity contribution in [2.45, 2.75) is 6.04 Å². The van der Waals surface area contributed by atoms with E-state index in [-0.39, 0.29) is 25.1 Å². The molecule has 82 valence electrons. The molecule has 0 fully saturated rings. The molecule has 3 N–H and O–H groups in total. The largest absolute Gasteiger partial charge is 0.394 e. The van der Waals surface area contributed by atoms with Crippen LogP contribution in [-0.4, -0.2) is 31.2 Å². The Balaban J connectivity index is 2.61. The smallest absolute Gasteiger partial charge is 0.234 e. The van der Waals surface area contributed by atoms with Crippen LogP contribution in [0.3, 0.4) is 0 Å². The normalized spacial score (nSPS) is 12.1. The molecule has 0 heterocycles. The molecule has 4 heteroatoms. The zero-order chi connectivity index (χ0) is 11.1. The van der Waals surface area contributed by atoms with E-state index in [1.165, 1.54) is 0 Å². The molecule has 1 aromatic carbocycles. The molecule has 0 aliphatic carbocycles. The van der Waals surface area contributed by atoms with Crippen molar-refractivity contribution in [3.8, 4) is 0 Å². The second-order valence-electron chi connectivity index (χ2n) is 3.24. The van der Waals surface area contributed by atoms with E-state index in [2.05, 4.69) is 10.6 Å². The zero-order valence-corrected chi connectivity index (χ0v) is 8.73. The Morgan fingerprint density at radius 1 is 1.40 bits per heavy atom. The van der Waals surface area contributed by atoms with Crippen molar-refractivity contribution in [3.63, 3.8) is 0 Å². The fraction of sp³-hybridized carbons (Fsp3) is 0.364. The number of aliphatic hydroxyl groups excluding tert-OH is 1. The summed E-state index contributed by atoms with van der Waals surface area (Å²) in [6.07, 6.45) is 0. The van der Waals surface area contributed by atoms with Crippen molar-refractivity contribution >= 4 is 5.91 Å². The minimum Gasteiger partial charge on any atom is -0.394 e. The Bertz CT molecular complexity index is 301. The molecule has 0 saturated heterocycles. The molecular weight excluding hydrogens is 192 g/mol. The van der Waals surface area contributed by atoms with E-state index in [9.17, 15) is 4.79 Å². The highest BCUT2D eigenvalue weighted by Crippen LogP contribution is 2.10. The molecule has 0 spiro atoms. The monoisotopic (exact) mass is 208 g/mol. The fourth-order valence-corrected chi connectivity index (χ4v) is 1.33. The van der Waals surface area contributed by atoms with Gasteiger partial charge in [-0.1, -0.05) is 30.3 Å². The van der Waals surface area contributed by atoms with E-state index in [4.69, 9.17) is 5.11 Å². The van der Waals surface area contributed by atoms with Crippen molar-refractivity contribution < 1.29 is 9.90 Å². The number of benzene rings is 1. The van der Waals surface area contributed by atoms with E-state index < -0.39 is 0 Å². The van der Waals surface area contributed by atoms with Gasteiger partial charge in [0.25, 0.3) is 0 Å². The number of carbonyl (C=O) groups excluding carboxylic acids is 1. The minimum absolute atomic E-state index is 0.0978. The van der Waals surface area contributed by atoms with Crippen LogP contribution in [0.1, 0.15) is 11.6 Å². The average Bonchev–Trinajstić information content (AvgIpc) is 2.27. The highest BCUT2D eigenvalue weighted by atomic mass is 16.3. The predicted molar refractivity (Wildman–Crippen MR) is 58.3 cm³/mol. The molecule has 1 amide bonds. The fourth-order valence-electron chi connectivity index (χ4n) is 1.33. The van der Waals surface area contributed by atoms with Gasteiger partial charge in [-0.3, -0.25) is 4.79 Å². The number of nitrogens with one attached hydrogen (secondary N) is 2. The summed E-state index contributed by atoms with van der Waals surface area (Å²) in [5.41, 5.74) is 0.907. The third-order valence-electron chi connectivity index (χ3n) is 2.06. The van der Waals surface area contributed by atoms with Gasteiger partial charge in [0.2, 0.25) is 5.91 Å². The molecule has 0 radical (unpaired) electrons. The topological polar surface area (TPSA) is 61.4 Å². The second-order valence-corrected chi connectivity index (χ2v) is 3.24. The SMILES string of the molecule is CNCC(=O)NC(CO)c1ccccc1. The molecule has 0 bridgehead atoms. The number of carbonyl (C=O) groups is 1. The van der Waals surface area contributed by atoms with Gasteiger partial charge in [0.05, 0.1) is 19.2 Å². The van der Waals surface area contributed by atoms with Crippen LogP contribution < -0.4 is 10.6 Å². The quantitative estimate of drug-likeness (QED) is 0.641. The van der Waals surface area contributed by atoms with E-state index in [1.807, 2.05) is 30.3 Å². The molecule has 0 aromatic heterocycles. The number of hydrogen-bond donors (Lipinski definition) is 3. The second kappa shape index (κ2) is 6.16. The predicted octanol–water partition coefficient (Wildman–Crippen LogP) is 0.0556. The van der Waals surface area contributed by atoms with Crippen LogP contribution in [0.5, 0.6) is 0 Å². The molecule has 15 heavy (non-hydrogen) atoms. The van der Waals surface area contributed by atoms with E-state index in [1.54, 1.807) is 7.05 Å². The van der Waals surface area contributed by atoms with E-state index >= 15 is 0 Å². The van der Waals surface area contributed by atoms with Crippen molar-refractivity contribution in [1.29, 1.82) is 0 Å². The summed E-state index contributed by atoms with van der Waals surface area (Å²) in [6.45, 7) is 0.156. The van der Waals surface area contributed by atoms with Gasteiger partial charge in [0, 0.05) is 0 Å². The number of rotatable bonds is 5. The lowest BCUT2D eigenvalue weighted by molar-refractivity contribution is -0.121. The highest BCUT2D eigenvalue weighted by Gasteiger charge is 2.11. The molecule has 0 aliphatic heterocycles. The zero-order valence-electron chi connectivity index (χ0n) is 8.73. The first-order valence-electron chi connectivity index (χ1n) is 4.87. The van der Waals surface area contributed by atoms with Gasteiger partial charge in [-0.15, -0.1) is 0 Å². The molecule has 1 aromatic rings. The number of likely N-dealkylation sites (N-methyl/N-ethyl adjacent to an activating group) is 1. The Labute approximate surface area is 89.3 Å². The summed E-state index contributed by atoms with van der Waals surface area (Å²) in [7, 11) is 1.70. The molecular formula is C11H16N2O2. The summed E-state index contributed by atoms with van der Waals surface area (Å²) in [5, 5.41) is 14.6. The van der Waals surface area contributed by atoms with Gasteiger partial charge < -0.3 is 15.7 Å². The maximum Gasteiger partial charge on any atom is 0.234 e. The summed E-state index contributed by atoms with van der Waals surface area (Å²) < 4.78 is 0. The molecule has 1 rings (SSSR count). The standard InChI is InChI=1S/C11H16N2O2/c1-12-7-11(15)13-10(8-14)9-5-3-2-4-6-9/h2-6,10,12,14H,7-8H2,1H3,(H,13,15). The third kappa shape index (κ3) is 3.69. The van der Waals surface area contributed by atoms with Crippen LogP contribution in [0, 0.1) is 0 Å². The lowest BCUT2D eigenvalue weighted by Gasteiger charge is -2.16. The van der Waals surface area contributed by atoms with Crippen LogP contribution in [0.15, 0.2) is 30.3 Å². The molecule has 4 nitrogen and oxygen atoms in total. The Kier molecular flexibility index (Phi) is 4.80. The summed E-state index contributed by atoms with van der Waals surface area (Å²) in [6, 6.07) is 9.07. The van der Waals surface area contributed by atoms with Crippen molar-refractivity contribution in [3.05, 3.63) is 35.9 Å². The highest BCUT2D eigenvalue weighted by molar-refractivity contribution is 5.78. The summed E-state index contributed by atoms with van der Waals surface area (Å²) in [4.78, 5) is 11.3. The first kappa shape index (κ1) is 11.7. The summed E-state index contributed by atoms with van der Waals surface area (Å²) in [5.74, 6) is -0.125. The van der Waals surface area contributed by atoms with Crippen LogP contribution in [-0.2, 0) is 4.79 Å². The van der Waals surface area contributed by atoms with E-state index in [0.29, 0.717) is 0 Å². The Morgan fingerprint density at radius 3 is 2.60 bits per heavy atom. The van der Waals surface area contributed by atoms with Crippen LogP contribution >= 0.6 is 0 Å². The maximum atomic E-state index is 11.3. The molecule has 0 aliphatic rings. The number of aliphatic hydroxyl groups is 1. The summed E-state index contributed by atoms with van der Waals surface area (Å²) >= 11 is 0. The van der Waals surface area contributed by atoms with Gasteiger partial charge in [0.1, 0.15) is 0 Å². The van der Waals surface area contributed by atoms with Crippen LogP contribution in [0.25, 0.3) is 0 Å². The lowest BCUT2D eigenvalue weighted by atomic mass is 10.1. The third-order valence-corrected chi connectivity index (χ3v) is 2.06. The van der Waals surface area contributed by atoms with Gasteiger partial charge in [-0.25, -0.2) is 0 Å². The minimum atomic E-state index is -0.327. The number of hydrogen-bond acceptors (Lipinski definition) is 3. The number of amides is 1. The lowest BCUT2D eigenvalue weighted by Crippen LogP contribution is -2.36. The van der Waals surface area contributed by atoms with Crippen molar-refractivity contribution in [2.75, 3.05) is 20.2 Å². The van der Waals surface area contributed by atoms with Gasteiger partial charge in [0.15, 0.2) is 0 Å². The first-order chi connectivity index (χ1) is 7.27. The Hall–Kier alpha value is -1.39. The van der Waals surface area contributed by atoms with Gasteiger partial charge in [-0.05, 0) is 12.6 Å². The maximum absolute atomic E-state index is 11.3. The van der Waals surface area contributed by atoms with Crippen molar-refractivity contribution in [1.82, 2.24) is 10.6 Å². The van der Waals surface area contributed by atoms with Crippen LogP contribution in [0.4, 0.5) is 0 Å².